The lowest BCUT2D eigenvalue weighted by Crippen LogP contribution is -1.97. The molecule has 1 rings (SSSR count). The second-order valence-electron chi connectivity index (χ2n) is 2.12. The predicted octanol–water partition coefficient (Wildman–Crippen LogP) is 1.56. The van der Waals surface area contributed by atoms with E-state index < -0.39 is 23.0 Å². The maximum Gasteiger partial charge on any atom is 0.343 e. The topological polar surface area (TPSA) is 77.8 Å². The first-order valence-electron chi connectivity index (χ1n) is 2.97. The molecular weight excluding hydrogens is 228 g/mol. The Hall–Kier alpha value is -1.23. The highest BCUT2D eigenvalue weighted by molar-refractivity contribution is 9.10. The summed E-state index contributed by atoms with van der Waals surface area (Å²) < 4.78 is 0.419. The highest BCUT2D eigenvalue weighted by Gasteiger charge is 2.15. The van der Waals surface area contributed by atoms with Gasteiger partial charge in [0.15, 0.2) is 0 Å². The van der Waals surface area contributed by atoms with Crippen LogP contribution in [0.15, 0.2) is 16.6 Å². The first kappa shape index (κ1) is 8.86. The summed E-state index contributed by atoms with van der Waals surface area (Å²) in [5, 5.41) is 26.6. The fourth-order valence-electron chi connectivity index (χ4n) is 0.798. The molecule has 0 aromatic heterocycles. The molecule has 0 atom stereocenters. The van der Waals surface area contributed by atoms with Crippen molar-refractivity contribution < 1.29 is 20.1 Å². The molecule has 0 saturated heterocycles. The molecule has 0 fully saturated rings. The van der Waals surface area contributed by atoms with E-state index in [2.05, 4.69) is 15.9 Å². The fraction of sp³-hybridized carbons (Fsp3) is 0. The molecule has 64 valence electrons. The Kier molecular flexibility index (Phi) is 2.23. The van der Waals surface area contributed by atoms with Crippen LogP contribution >= 0.6 is 15.9 Å². The third-order valence-corrected chi connectivity index (χ3v) is 1.73. The first-order valence-corrected chi connectivity index (χ1v) is 3.76. The van der Waals surface area contributed by atoms with Crippen LogP contribution in [0.2, 0.25) is 0 Å². The zero-order chi connectivity index (χ0) is 9.30. The van der Waals surface area contributed by atoms with E-state index in [0.717, 1.165) is 0 Å². The second-order valence-corrected chi connectivity index (χ2v) is 3.04. The number of aromatic carboxylic acids is 1. The number of benzene rings is 1. The minimum absolute atomic E-state index is 0.419. The van der Waals surface area contributed by atoms with Crippen LogP contribution < -0.4 is 0 Å². The van der Waals surface area contributed by atoms with Crippen molar-refractivity contribution in [2.75, 3.05) is 0 Å². The van der Waals surface area contributed by atoms with Gasteiger partial charge in [0, 0.05) is 4.47 Å². The minimum atomic E-state index is -1.36. The third-order valence-electron chi connectivity index (χ3n) is 1.28. The van der Waals surface area contributed by atoms with Crippen molar-refractivity contribution in [2.24, 2.45) is 0 Å². The predicted molar refractivity (Wildman–Crippen MR) is 44.4 cm³/mol. The summed E-state index contributed by atoms with van der Waals surface area (Å²) in [7, 11) is 0. The van der Waals surface area contributed by atoms with Crippen LogP contribution in [0.25, 0.3) is 0 Å². The molecular formula is C7H5BrO4. The lowest BCUT2D eigenvalue weighted by Gasteiger charge is -2.02. The van der Waals surface area contributed by atoms with Crippen molar-refractivity contribution in [2.45, 2.75) is 0 Å². The molecule has 1 aromatic rings. The molecule has 12 heavy (non-hydrogen) atoms. The van der Waals surface area contributed by atoms with Crippen molar-refractivity contribution in [3.8, 4) is 11.5 Å². The summed E-state index contributed by atoms with van der Waals surface area (Å²) in [6.45, 7) is 0. The third kappa shape index (κ3) is 1.50. The van der Waals surface area contributed by atoms with Crippen LogP contribution in [0.4, 0.5) is 0 Å². The average molecular weight is 233 g/mol. The zero-order valence-electron chi connectivity index (χ0n) is 5.78. The summed E-state index contributed by atoms with van der Waals surface area (Å²) in [6.07, 6.45) is 0. The number of carboxylic acids is 1. The molecule has 4 nitrogen and oxygen atoms in total. The average Bonchev–Trinajstić information content (AvgIpc) is 1.82. The van der Waals surface area contributed by atoms with Gasteiger partial charge in [0.25, 0.3) is 0 Å². The largest absolute Gasteiger partial charge is 0.507 e. The quantitative estimate of drug-likeness (QED) is 0.687. The molecule has 1 aromatic carbocycles. The van der Waals surface area contributed by atoms with Crippen molar-refractivity contribution in [3.05, 3.63) is 22.2 Å². The summed E-state index contributed by atoms with van der Waals surface area (Å²) in [5.74, 6) is -2.29. The van der Waals surface area contributed by atoms with E-state index in [0.29, 0.717) is 4.47 Å². The van der Waals surface area contributed by atoms with Crippen molar-refractivity contribution in [1.82, 2.24) is 0 Å². The summed E-state index contributed by atoms with van der Waals surface area (Å²) >= 11 is 2.98. The molecule has 0 aliphatic heterocycles. The maximum atomic E-state index is 10.4. The maximum absolute atomic E-state index is 10.4. The Bertz CT molecular complexity index is 311. The Morgan fingerprint density at radius 2 is 1.67 bits per heavy atom. The van der Waals surface area contributed by atoms with E-state index in [1.807, 2.05) is 0 Å². The van der Waals surface area contributed by atoms with Crippen molar-refractivity contribution in [1.29, 1.82) is 0 Å². The van der Waals surface area contributed by atoms with Crippen LogP contribution in [0.5, 0.6) is 11.5 Å². The van der Waals surface area contributed by atoms with Gasteiger partial charge in [-0.05, 0) is 12.1 Å². The van der Waals surface area contributed by atoms with E-state index in [1.165, 1.54) is 12.1 Å². The minimum Gasteiger partial charge on any atom is -0.507 e. The van der Waals surface area contributed by atoms with E-state index in [4.69, 9.17) is 15.3 Å². The molecule has 3 N–H and O–H groups in total. The number of halogens is 1. The van der Waals surface area contributed by atoms with Crippen LogP contribution in [0, 0.1) is 0 Å². The zero-order valence-corrected chi connectivity index (χ0v) is 7.37. The van der Waals surface area contributed by atoms with Gasteiger partial charge in [0.1, 0.15) is 17.1 Å². The van der Waals surface area contributed by atoms with Crippen LogP contribution in [-0.4, -0.2) is 21.3 Å². The fourth-order valence-corrected chi connectivity index (χ4v) is 1.23. The normalized spacial score (nSPS) is 9.75. The molecule has 0 radical (unpaired) electrons. The van der Waals surface area contributed by atoms with Gasteiger partial charge < -0.3 is 15.3 Å². The molecule has 0 saturated carbocycles. The standard InChI is InChI=1S/C7H5BrO4/c8-3-1-4(9)6(7(11)12)5(10)2-3/h1-2,9-10H,(H,11,12). The molecule has 0 bridgehead atoms. The number of hydrogen-bond acceptors (Lipinski definition) is 3. The summed E-state index contributed by atoms with van der Waals surface area (Å²) in [5.41, 5.74) is -0.488. The van der Waals surface area contributed by atoms with Gasteiger partial charge in [0.2, 0.25) is 0 Å². The van der Waals surface area contributed by atoms with Gasteiger partial charge in [0.05, 0.1) is 0 Å². The summed E-state index contributed by atoms with van der Waals surface area (Å²) in [4.78, 5) is 10.4. The van der Waals surface area contributed by atoms with Crippen molar-refractivity contribution in [3.63, 3.8) is 0 Å². The SMILES string of the molecule is O=C(O)c1c(O)cc(Br)cc1O. The summed E-state index contributed by atoms with van der Waals surface area (Å²) in [6, 6.07) is 2.40. The Labute approximate surface area is 76.2 Å². The van der Waals surface area contributed by atoms with E-state index in [9.17, 15) is 4.79 Å². The van der Waals surface area contributed by atoms with Gasteiger partial charge >= 0.3 is 5.97 Å². The number of aromatic hydroxyl groups is 2. The van der Waals surface area contributed by atoms with E-state index in [-0.39, 0.29) is 0 Å². The number of rotatable bonds is 1. The second kappa shape index (κ2) is 3.02. The monoisotopic (exact) mass is 232 g/mol. The lowest BCUT2D eigenvalue weighted by atomic mass is 10.2. The molecule has 0 heterocycles. The first-order chi connectivity index (χ1) is 5.52. The highest BCUT2D eigenvalue weighted by Crippen LogP contribution is 2.30. The molecule has 5 heteroatoms. The smallest absolute Gasteiger partial charge is 0.343 e. The molecule has 0 aliphatic rings. The lowest BCUT2D eigenvalue weighted by molar-refractivity contribution is 0.0690. The molecule has 0 amide bonds. The molecule has 0 aliphatic carbocycles. The number of carboxylic acid groups (broad SMARTS) is 1. The highest BCUT2D eigenvalue weighted by atomic mass is 79.9. The molecule has 0 spiro atoms. The number of hydrogen-bond donors (Lipinski definition) is 3. The Morgan fingerprint density at radius 3 is 2.00 bits per heavy atom. The van der Waals surface area contributed by atoms with Gasteiger partial charge in [-0.2, -0.15) is 0 Å². The van der Waals surface area contributed by atoms with Crippen LogP contribution in [0.1, 0.15) is 10.4 Å². The van der Waals surface area contributed by atoms with Gasteiger partial charge in [-0.3, -0.25) is 0 Å². The number of carbonyl (C=O) groups is 1. The van der Waals surface area contributed by atoms with E-state index >= 15 is 0 Å². The van der Waals surface area contributed by atoms with Crippen molar-refractivity contribution >= 4 is 21.9 Å². The van der Waals surface area contributed by atoms with E-state index in [1.54, 1.807) is 0 Å². The number of phenols is 2. The molecule has 0 unspecified atom stereocenters. The van der Waals surface area contributed by atoms with Crippen LogP contribution in [0.3, 0.4) is 0 Å². The van der Waals surface area contributed by atoms with Crippen LogP contribution in [-0.2, 0) is 0 Å². The Balaban J connectivity index is 3.38. The van der Waals surface area contributed by atoms with Gasteiger partial charge in [-0.25, -0.2) is 4.79 Å². The van der Waals surface area contributed by atoms with Gasteiger partial charge in [-0.15, -0.1) is 0 Å². The van der Waals surface area contributed by atoms with Gasteiger partial charge in [-0.1, -0.05) is 15.9 Å². The Morgan fingerprint density at radius 1 is 1.25 bits per heavy atom.